The number of piperidine rings is 1. The first-order valence-electron chi connectivity index (χ1n) is 6.42. The highest BCUT2D eigenvalue weighted by Gasteiger charge is 2.14. The van der Waals surface area contributed by atoms with Crippen LogP contribution in [0.4, 0.5) is 0 Å². The number of aliphatic hydroxyl groups is 1. The van der Waals surface area contributed by atoms with Crippen molar-refractivity contribution in [3.63, 3.8) is 0 Å². The van der Waals surface area contributed by atoms with Crippen molar-refractivity contribution in [1.29, 1.82) is 0 Å². The minimum absolute atomic E-state index is 0.0617. The summed E-state index contributed by atoms with van der Waals surface area (Å²) in [6, 6.07) is 0. The summed E-state index contributed by atoms with van der Waals surface area (Å²) < 4.78 is 5.54. The van der Waals surface area contributed by atoms with Crippen molar-refractivity contribution in [2.75, 3.05) is 32.8 Å². The smallest absolute Gasteiger partial charge is 0.246 e. The molecule has 1 unspecified atom stereocenters. The Balaban J connectivity index is 2.04. The van der Waals surface area contributed by atoms with E-state index in [4.69, 9.17) is 9.84 Å². The maximum Gasteiger partial charge on any atom is 0.246 e. The van der Waals surface area contributed by atoms with Crippen molar-refractivity contribution in [3.05, 3.63) is 0 Å². The van der Waals surface area contributed by atoms with E-state index >= 15 is 0 Å². The lowest BCUT2D eigenvalue weighted by atomic mass is 10.1. The molecule has 1 atom stereocenters. The van der Waals surface area contributed by atoms with E-state index in [0.29, 0.717) is 12.5 Å². The van der Waals surface area contributed by atoms with Gasteiger partial charge in [-0.2, -0.15) is 0 Å². The molecule has 0 radical (unpaired) electrons. The molecule has 1 aliphatic heterocycles. The number of hydrogen-bond donors (Lipinski definition) is 3. The molecule has 1 amide bonds. The van der Waals surface area contributed by atoms with Crippen molar-refractivity contribution in [2.24, 2.45) is 5.92 Å². The molecule has 0 aromatic heterocycles. The van der Waals surface area contributed by atoms with Crippen LogP contribution in [-0.4, -0.2) is 50.0 Å². The second-order valence-electron chi connectivity index (χ2n) is 4.68. The van der Waals surface area contributed by atoms with Gasteiger partial charge in [-0.1, -0.05) is 6.92 Å². The van der Waals surface area contributed by atoms with Crippen LogP contribution in [0.3, 0.4) is 0 Å². The Morgan fingerprint density at radius 1 is 1.53 bits per heavy atom. The van der Waals surface area contributed by atoms with Gasteiger partial charge in [0.2, 0.25) is 5.91 Å². The van der Waals surface area contributed by atoms with Gasteiger partial charge in [0, 0.05) is 13.2 Å². The van der Waals surface area contributed by atoms with Crippen LogP contribution in [0, 0.1) is 5.92 Å². The molecule has 3 N–H and O–H groups in total. The second-order valence-corrected chi connectivity index (χ2v) is 4.68. The summed E-state index contributed by atoms with van der Waals surface area (Å²) in [5.74, 6) is 0.246. The molecular formula is C12H24N2O3. The summed E-state index contributed by atoms with van der Waals surface area (Å²) in [4.78, 5) is 11.5. The third-order valence-corrected chi connectivity index (χ3v) is 3.01. The summed E-state index contributed by atoms with van der Waals surface area (Å²) in [5, 5.41) is 14.8. The number of carbonyl (C=O) groups is 1. The molecule has 0 aliphatic carbocycles. The van der Waals surface area contributed by atoms with Gasteiger partial charge < -0.3 is 20.5 Å². The van der Waals surface area contributed by atoms with Crippen LogP contribution in [0.2, 0.25) is 0 Å². The van der Waals surface area contributed by atoms with Crippen LogP contribution < -0.4 is 10.6 Å². The first-order chi connectivity index (χ1) is 8.22. The molecule has 1 fully saturated rings. The molecule has 5 heteroatoms. The Morgan fingerprint density at radius 2 is 2.24 bits per heavy atom. The van der Waals surface area contributed by atoms with Crippen molar-refractivity contribution >= 4 is 5.91 Å². The Morgan fingerprint density at radius 3 is 2.88 bits per heavy atom. The molecule has 100 valence electrons. The van der Waals surface area contributed by atoms with Crippen LogP contribution in [0.1, 0.15) is 26.2 Å². The van der Waals surface area contributed by atoms with E-state index in [2.05, 4.69) is 10.6 Å². The predicted octanol–water partition coefficient (Wildman–Crippen LogP) is -0.110. The zero-order chi connectivity index (χ0) is 12.5. The number of carbonyl (C=O) groups excluding carboxylic acids is 1. The van der Waals surface area contributed by atoms with Crippen molar-refractivity contribution in [1.82, 2.24) is 10.6 Å². The first kappa shape index (κ1) is 14.4. The molecular weight excluding hydrogens is 220 g/mol. The fourth-order valence-corrected chi connectivity index (χ4v) is 1.82. The Labute approximate surface area is 103 Å². The lowest BCUT2D eigenvalue weighted by molar-refractivity contribution is -0.128. The van der Waals surface area contributed by atoms with Crippen LogP contribution in [0.15, 0.2) is 0 Å². The van der Waals surface area contributed by atoms with E-state index in [9.17, 15) is 4.79 Å². The number of amides is 1. The average Bonchev–Trinajstić information content (AvgIpc) is 2.35. The van der Waals surface area contributed by atoms with Crippen LogP contribution >= 0.6 is 0 Å². The van der Waals surface area contributed by atoms with Crippen LogP contribution in [-0.2, 0) is 9.53 Å². The van der Waals surface area contributed by atoms with Crippen molar-refractivity contribution in [2.45, 2.75) is 32.3 Å². The molecule has 0 saturated carbocycles. The number of nitrogens with one attached hydrogen (secondary N) is 2. The zero-order valence-electron chi connectivity index (χ0n) is 10.6. The second kappa shape index (κ2) is 8.44. The number of ether oxygens (including phenoxy) is 1. The fraction of sp³-hybridized carbons (Fsp3) is 0.917. The van der Waals surface area contributed by atoms with Crippen molar-refractivity contribution < 1.29 is 14.6 Å². The lowest BCUT2D eigenvalue weighted by Crippen LogP contribution is -2.36. The molecule has 5 nitrogen and oxygen atoms in total. The van der Waals surface area contributed by atoms with Gasteiger partial charge in [-0.05, 0) is 38.3 Å². The van der Waals surface area contributed by atoms with Crippen LogP contribution in [0.5, 0.6) is 0 Å². The topological polar surface area (TPSA) is 70.6 Å². The number of hydrogen-bond acceptors (Lipinski definition) is 4. The largest absolute Gasteiger partial charge is 0.396 e. The van der Waals surface area contributed by atoms with E-state index in [1.54, 1.807) is 0 Å². The Hall–Kier alpha value is -0.650. The Kier molecular flexibility index (Phi) is 7.16. The quantitative estimate of drug-likeness (QED) is 0.584. The number of rotatable bonds is 7. The third kappa shape index (κ3) is 6.61. The maximum atomic E-state index is 11.5. The molecule has 17 heavy (non-hydrogen) atoms. The van der Waals surface area contributed by atoms with Gasteiger partial charge in [-0.25, -0.2) is 0 Å². The van der Waals surface area contributed by atoms with Gasteiger partial charge in [0.15, 0.2) is 0 Å². The van der Waals surface area contributed by atoms with E-state index in [1.807, 2.05) is 6.92 Å². The summed E-state index contributed by atoms with van der Waals surface area (Å²) in [5.41, 5.74) is 0. The molecule has 0 bridgehead atoms. The van der Waals surface area contributed by atoms with E-state index in [-0.39, 0.29) is 25.2 Å². The highest BCUT2D eigenvalue weighted by molar-refractivity contribution is 5.77. The zero-order valence-corrected chi connectivity index (χ0v) is 10.6. The Bertz CT molecular complexity index is 218. The van der Waals surface area contributed by atoms with E-state index in [1.165, 1.54) is 0 Å². The third-order valence-electron chi connectivity index (χ3n) is 3.01. The number of aliphatic hydroxyl groups excluding tert-OH is 1. The molecule has 1 aliphatic rings. The summed E-state index contributed by atoms with van der Waals surface area (Å²) in [7, 11) is 0. The van der Waals surface area contributed by atoms with Gasteiger partial charge in [-0.3, -0.25) is 4.79 Å². The predicted molar refractivity (Wildman–Crippen MR) is 65.7 cm³/mol. The molecule has 0 spiro atoms. The van der Waals surface area contributed by atoms with Gasteiger partial charge in [-0.15, -0.1) is 0 Å². The standard InChI is InChI=1S/C12H24N2O3/c1-10(4-7-15)8-14-12(16)9-17-11-2-5-13-6-3-11/h10-11,13,15H,2-9H2,1H3,(H,14,16). The lowest BCUT2D eigenvalue weighted by Gasteiger charge is -2.22. The van der Waals surface area contributed by atoms with E-state index < -0.39 is 0 Å². The normalized spacial score (nSPS) is 18.9. The van der Waals surface area contributed by atoms with Gasteiger partial charge in [0.25, 0.3) is 0 Å². The van der Waals surface area contributed by atoms with E-state index in [0.717, 1.165) is 32.4 Å². The highest BCUT2D eigenvalue weighted by atomic mass is 16.5. The molecule has 0 aromatic carbocycles. The van der Waals surface area contributed by atoms with Crippen LogP contribution in [0.25, 0.3) is 0 Å². The summed E-state index contributed by atoms with van der Waals surface area (Å²) >= 11 is 0. The van der Waals surface area contributed by atoms with Gasteiger partial charge in [0.05, 0.1) is 6.10 Å². The summed E-state index contributed by atoms with van der Waals surface area (Å²) in [6.07, 6.45) is 2.90. The molecule has 1 saturated heterocycles. The SMILES string of the molecule is CC(CCO)CNC(=O)COC1CCNCC1. The van der Waals surface area contributed by atoms with Gasteiger partial charge in [0.1, 0.15) is 6.61 Å². The maximum absolute atomic E-state index is 11.5. The van der Waals surface area contributed by atoms with Crippen molar-refractivity contribution in [3.8, 4) is 0 Å². The monoisotopic (exact) mass is 244 g/mol. The summed E-state index contributed by atoms with van der Waals surface area (Å²) in [6.45, 7) is 4.87. The average molecular weight is 244 g/mol. The minimum atomic E-state index is -0.0617. The first-order valence-corrected chi connectivity index (χ1v) is 6.42. The van der Waals surface area contributed by atoms with Gasteiger partial charge >= 0.3 is 0 Å². The molecule has 1 heterocycles. The fourth-order valence-electron chi connectivity index (χ4n) is 1.82. The highest BCUT2D eigenvalue weighted by Crippen LogP contribution is 2.06. The minimum Gasteiger partial charge on any atom is -0.396 e. The molecule has 0 aromatic rings. The molecule has 1 rings (SSSR count).